The molecule has 0 bridgehead atoms. The van der Waals surface area contributed by atoms with Crippen molar-refractivity contribution in [3.63, 3.8) is 0 Å². The van der Waals surface area contributed by atoms with E-state index in [0.29, 0.717) is 0 Å². The fourth-order valence-corrected chi connectivity index (χ4v) is 4.55. The van der Waals surface area contributed by atoms with Crippen molar-refractivity contribution in [2.24, 2.45) is 0 Å². The molecular formula is C26H18BrN3O13. The van der Waals surface area contributed by atoms with E-state index >= 15 is 0 Å². The first-order valence-electron chi connectivity index (χ1n) is 12.1. The van der Waals surface area contributed by atoms with Gasteiger partial charge in [-0.3, -0.25) is 30.3 Å². The van der Waals surface area contributed by atoms with E-state index < -0.39 is 62.6 Å². The van der Waals surface area contributed by atoms with E-state index in [2.05, 4.69) is 15.9 Å². The number of alkyl halides is 1. The van der Waals surface area contributed by atoms with Crippen molar-refractivity contribution < 1.29 is 48.1 Å². The van der Waals surface area contributed by atoms with Gasteiger partial charge in [-0.05, 0) is 36.4 Å². The number of esters is 3. The van der Waals surface area contributed by atoms with E-state index in [1.165, 1.54) is 24.3 Å². The summed E-state index contributed by atoms with van der Waals surface area (Å²) >= 11 is 3.20. The van der Waals surface area contributed by atoms with Gasteiger partial charge in [-0.15, -0.1) is 0 Å². The van der Waals surface area contributed by atoms with Crippen molar-refractivity contribution >= 4 is 50.9 Å². The molecule has 43 heavy (non-hydrogen) atoms. The fourth-order valence-electron chi connectivity index (χ4n) is 3.86. The lowest BCUT2D eigenvalue weighted by Crippen LogP contribution is -2.41. The first-order chi connectivity index (χ1) is 20.4. The van der Waals surface area contributed by atoms with E-state index in [9.17, 15) is 44.7 Å². The van der Waals surface area contributed by atoms with Gasteiger partial charge in [0.15, 0.2) is 17.2 Å². The van der Waals surface area contributed by atoms with Crippen LogP contribution in [0.15, 0.2) is 72.8 Å². The molecule has 0 saturated carbocycles. The topological polar surface area (TPSA) is 218 Å². The van der Waals surface area contributed by atoms with Crippen LogP contribution in [-0.4, -0.2) is 62.6 Å². The van der Waals surface area contributed by atoms with Gasteiger partial charge in [0.2, 0.25) is 0 Å². The Morgan fingerprint density at radius 1 is 0.628 bits per heavy atom. The molecule has 3 aromatic carbocycles. The van der Waals surface area contributed by atoms with Crippen LogP contribution in [0.4, 0.5) is 17.1 Å². The summed E-state index contributed by atoms with van der Waals surface area (Å²) in [6.07, 6.45) is -3.88. The number of hydrogen-bond acceptors (Lipinski definition) is 13. The summed E-state index contributed by atoms with van der Waals surface area (Å²) in [6.45, 7) is -0.512. The standard InChI is InChI=1S/C26H18BrN3O13/c27-23-22(43-26(33)16-5-11-19(12-6-16)30(38)39)21(42-25(32)15-3-9-18(10-4-15)29(36)37)20(41-23)13-40-24(31)14-1-7-17(8-2-14)28(34)35/h1-12,20-23H,13H2. The highest BCUT2D eigenvalue weighted by Gasteiger charge is 2.49. The average molecular weight is 660 g/mol. The van der Waals surface area contributed by atoms with Crippen LogP contribution in [0, 0.1) is 30.3 Å². The SMILES string of the molecule is O=C(OCC1OC(Br)C(OC(=O)c2ccc([N+](=O)[O-])cc2)C1OC(=O)c1ccc([N+](=O)[O-])cc1)c1ccc([N+](=O)[O-])cc1. The van der Waals surface area contributed by atoms with Gasteiger partial charge >= 0.3 is 17.9 Å². The molecule has 4 rings (SSSR count). The average Bonchev–Trinajstić information content (AvgIpc) is 3.28. The summed E-state index contributed by atoms with van der Waals surface area (Å²) in [5, 5.41) is 31.6. The number of carbonyl (C=O) groups is 3. The highest BCUT2D eigenvalue weighted by molar-refractivity contribution is 9.09. The molecule has 1 fully saturated rings. The van der Waals surface area contributed by atoms with Crippen molar-refractivity contribution in [1.82, 2.24) is 0 Å². The van der Waals surface area contributed by atoms with E-state index in [4.69, 9.17) is 18.9 Å². The monoisotopic (exact) mass is 659 g/mol. The minimum atomic E-state index is -1.38. The summed E-state index contributed by atoms with van der Waals surface area (Å²) in [6, 6.07) is 13.6. The second kappa shape index (κ2) is 13.1. The smallest absolute Gasteiger partial charge is 0.338 e. The second-order valence-electron chi connectivity index (χ2n) is 8.78. The zero-order chi connectivity index (χ0) is 31.3. The number of halogens is 1. The molecule has 1 aliphatic rings. The third kappa shape index (κ3) is 7.32. The molecule has 0 aliphatic carbocycles. The van der Waals surface area contributed by atoms with Crippen molar-refractivity contribution in [2.45, 2.75) is 23.3 Å². The zero-order valence-corrected chi connectivity index (χ0v) is 23.1. The minimum Gasteiger partial charge on any atom is -0.459 e. The predicted molar refractivity (Wildman–Crippen MR) is 146 cm³/mol. The number of nitro benzene ring substituents is 3. The molecule has 1 aliphatic heterocycles. The second-order valence-corrected chi connectivity index (χ2v) is 9.68. The molecule has 0 aromatic heterocycles. The molecule has 0 amide bonds. The number of benzene rings is 3. The lowest BCUT2D eigenvalue weighted by Gasteiger charge is -2.23. The molecular weight excluding hydrogens is 642 g/mol. The van der Waals surface area contributed by atoms with E-state index in [1.807, 2.05) is 0 Å². The Balaban J connectivity index is 1.53. The number of carbonyl (C=O) groups excluding carboxylic acids is 3. The summed E-state index contributed by atoms with van der Waals surface area (Å²) in [7, 11) is 0. The van der Waals surface area contributed by atoms with Crippen molar-refractivity contribution in [2.75, 3.05) is 6.61 Å². The van der Waals surface area contributed by atoms with Crippen LogP contribution in [-0.2, 0) is 18.9 Å². The van der Waals surface area contributed by atoms with E-state index in [-0.39, 0.29) is 33.8 Å². The van der Waals surface area contributed by atoms with E-state index in [1.54, 1.807) is 0 Å². The first-order valence-corrected chi connectivity index (χ1v) is 13.0. The van der Waals surface area contributed by atoms with Crippen LogP contribution in [0.2, 0.25) is 0 Å². The Bertz CT molecular complexity index is 1560. The third-order valence-electron chi connectivity index (χ3n) is 6.06. The van der Waals surface area contributed by atoms with Gasteiger partial charge in [0.25, 0.3) is 17.1 Å². The van der Waals surface area contributed by atoms with Gasteiger partial charge in [-0.1, -0.05) is 15.9 Å². The Kier molecular flexibility index (Phi) is 9.36. The van der Waals surface area contributed by atoms with Gasteiger partial charge in [-0.25, -0.2) is 14.4 Å². The number of hydrogen-bond donors (Lipinski definition) is 0. The van der Waals surface area contributed by atoms with Gasteiger partial charge < -0.3 is 18.9 Å². The maximum Gasteiger partial charge on any atom is 0.338 e. The van der Waals surface area contributed by atoms with Crippen LogP contribution in [0.3, 0.4) is 0 Å². The van der Waals surface area contributed by atoms with Crippen LogP contribution in [0.1, 0.15) is 31.1 Å². The lowest BCUT2D eigenvalue weighted by atomic mass is 10.1. The molecule has 16 nitrogen and oxygen atoms in total. The Labute approximate surface area is 248 Å². The molecule has 1 saturated heterocycles. The summed E-state index contributed by atoms with van der Waals surface area (Å²) in [5.41, 5.74) is -0.922. The van der Waals surface area contributed by atoms with Crippen molar-refractivity contribution in [3.8, 4) is 0 Å². The molecule has 4 unspecified atom stereocenters. The van der Waals surface area contributed by atoms with Crippen LogP contribution in [0.5, 0.6) is 0 Å². The van der Waals surface area contributed by atoms with Crippen molar-refractivity contribution in [3.05, 3.63) is 120 Å². The van der Waals surface area contributed by atoms with Crippen LogP contribution >= 0.6 is 15.9 Å². The zero-order valence-electron chi connectivity index (χ0n) is 21.5. The van der Waals surface area contributed by atoms with Crippen molar-refractivity contribution in [1.29, 1.82) is 0 Å². The quantitative estimate of drug-likeness (QED) is 0.0983. The largest absolute Gasteiger partial charge is 0.459 e. The van der Waals surface area contributed by atoms with Gasteiger partial charge in [0.1, 0.15) is 12.7 Å². The van der Waals surface area contributed by atoms with Gasteiger partial charge in [-0.2, -0.15) is 0 Å². The number of nitrogens with zero attached hydrogens (tertiary/aromatic N) is 3. The first kappa shape index (κ1) is 30.7. The molecule has 222 valence electrons. The Morgan fingerprint density at radius 3 is 1.35 bits per heavy atom. The van der Waals surface area contributed by atoms with Gasteiger partial charge in [0, 0.05) is 36.4 Å². The number of non-ortho nitro benzene ring substituents is 3. The molecule has 1 heterocycles. The fraction of sp³-hybridized carbons (Fsp3) is 0.192. The maximum absolute atomic E-state index is 13.0. The summed E-state index contributed by atoms with van der Waals surface area (Å²) in [5.74, 6) is -2.78. The van der Waals surface area contributed by atoms with E-state index in [0.717, 1.165) is 48.5 Å². The predicted octanol–water partition coefficient (Wildman–Crippen LogP) is 4.14. The molecule has 4 atom stereocenters. The maximum atomic E-state index is 13.0. The summed E-state index contributed by atoms with van der Waals surface area (Å²) < 4.78 is 22.1. The summed E-state index contributed by atoms with van der Waals surface area (Å²) in [4.78, 5) is 69.2. The lowest BCUT2D eigenvalue weighted by molar-refractivity contribution is -0.385. The van der Waals surface area contributed by atoms with Crippen LogP contribution in [0.25, 0.3) is 0 Å². The molecule has 17 heteroatoms. The minimum absolute atomic E-state index is 0.0143. The Hall–Kier alpha value is -5.29. The Morgan fingerprint density at radius 2 is 0.977 bits per heavy atom. The molecule has 0 N–H and O–H groups in total. The van der Waals surface area contributed by atoms with Crippen LogP contribution < -0.4 is 0 Å². The molecule has 0 spiro atoms. The number of nitro groups is 3. The highest BCUT2D eigenvalue weighted by atomic mass is 79.9. The third-order valence-corrected chi connectivity index (χ3v) is 6.80. The highest BCUT2D eigenvalue weighted by Crippen LogP contribution is 2.32. The normalized spacial score (nSPS) is 19.2. The number of ether oxygens (including phenoxy) is 4. The molecule has 3 aromatic rings. The number of rotatable bonds is 10. The molecule has 0 radical (unpaired) electrons. The van der Waals surface area contributed by atoms with Gasteiger partial charge in [0.05, 0.1) is 31.5 Å².